The number of ether oxygens (including phenoxy) is 1. The van der Waals surface area contributed by atoms with Crippen LogP contribution in [0.15, 0.2) is 34.7 Å². The molecule has 2 rings (SSSR count). The minimum Gasteiger partial charge on any atom is -0.494 e. The van der Waals surface area contributed by atoms with Crippen molar-refractivity contribution >= 4 is 11.6 Å². The Balaban J connectivity index is 2.45. The first kappa shape index (κ1) is 14.9. The van der Waals surface area contributed by atoms with Crippen molar-refractivity contribution in [2.24, 2.45) is 0 Å². The molecular weight excluding hydrogens is 274 g/mol. The van der Waals surface area contributed by atoms with E-state index in [0.29, 0.717) is 11.8 Å². The molecule has 4 heteroatoms. The van der Waals surface area contributed by atoms with Crippen molar-refractivity contribution in [1.82, 2.24) is 5.32 Å². The zero-order valence-corrected chi connectivity index (χ0v) is 12.8. The molecule has 0 radical (unpaired) electrons. The number of halogens is 1. The lowest BCUT2D eigenvalue weighted by molar-refractivity contribution is 0.330. The fourth-order valence-electron chi connectivity index (χ4n) is 2.23. The Kier molecular flexibility index (Phi) is 5.10. The van der Waals surface area contributed by atoms with Gasteiger partial charge in [-0.05, 0) is 50.2 Å². The molecule has 2 aromatic rings. The van der Waals surface area contributed by atoms with Gasteiger partial charge in [0.15, 0.2) is 5.22 Å². The first-order valence-electron chi connectivity index (χ1n) is 6.87. The van der Waals surface area contributed by atoms with Gasteiger partial charge in [-0.3, -0.25) is 0 Å². The fraction of sp³-hybridized carbons (Fsp3) is 0.375. The van der Waals surface area contributed by atoms with E-state index in [2.05, 4.69) is 25.2 Å². The average Bonchev–Trinajstić information content (AvgIpc) is 2.85. The van der Waals surface area contributed by atoms with Crippen LogP contribution in [0.1, 0.15) is 36.8 Å². The van der Waals surface area contributed by atoms with Gasteiger partial charge in [0.2, 0.25) is 0 Å². The lowest BCUT2D eigenvalue weighted by atomic mass is 10.0. The Morgan fingerprint density at radius 1 is 1.25 bits per heavy atom. The van der Waals surface area contributed by atoms with Crippen molar-refractivity contribution in [3.8, 4) is 5.75 Å². The van der Waals surface area contributed by atoms with Gasteiger partial charge in [-0.1, -0.05) is 24.6 Å². The van der Waals surface area contributed by atoms with E-state index in [1.165, 1.54) is 5.56 Å². The normalized spacial score (nSPS) is 12.4. The Labute approximate surface area is 124 Å². The van der Waals surface area contributed by atoms with Gasteiger partial charge in [-0.15, -0.1) is 0 Å². The van der Waals surface area contributed by atoms with Gasteiger partial charge in [0.1, 0.15) is 11.5 Å². The molecule has 1 atom stereocenters. The highest BCUT2D eigenvalue weighted by molar-refractivity contribution is 6.28. The van der Waals surface area contributed by atoms with Crippen LogP contribution in [0.25, 0.3) is 0 Å². The van der Waals surface area contributed by atoms with Gasteiger partial charge in [-0.2, -0.15) is 0 Å². The van der Waals surface area contributed by atoms with Gasteiger partial charge >= 0.3 is 0 Å². The number of nitrogens with one attached hydrogen (secondary N) is 1. The van der Waals surface area contributed by atoms with Crippen LogP contribution in [0.5, 0.6) is 5.75 Å². The highest BCUT2D eigenvalue weighted by Gasteiger charge is 2.21. The predicted molar refractivity (Wildman–Crippen MR) is 81.6 cm³/mol. The SMILES string of the molecule is CCNC(c1ccc(Cl)o1)c1cc(C)ccc1OCC. The maximum atomic E-state index is 5.90. The molecule has 0 amide bonds. The first-order valence-corrected chi connectivity index (χ1v) is 7.25. The van der Waals surface area contributed by atoms with Crippen LogP contribution in [0, 0.1) is 6.92 Å². The molecule has 108 valence electrons. The third-order valence-corrected chi connectivity index (χ3v) is 3.27. The number of hydrogen-bond donors (Lipinski definition) is 1. The molecule has 0 aliphatic rings. The zero-order valence-electron chi connectivity index (χ0n) is 12.1. The van der Waals surface area contributed by atoms with E-state index in [0.717, 1.165) is 23.6 Å². The van der Waals surface area contributed by atoms with Crippen molar-refractivity contribution in [3.05, 3.63) is 52.4 Å². The number of hydrogen-bond acceptors (Lipinski definition) is 3. The van der Waals surface area contributed by atoms with E-state index in [9.17, 15) is 0 Å². The summed E-state index contributed by atoms with van der Waals surface area (Å²) >= 11 is 5.90. The summed E-state index contributed by atoms with van der Waals surface area (Å²) in [6, 6.07) is 9.77. The Morgan fingerprint density at radius 2 is 2.05 bits per heavy atom. The monoisotopic (exact) mass is 293 g/mol. The van der Waals surface area contributed by atoms with Crippen LogP contribution in [0.2, 0.25) is 5.22 Å². The molecule has 0 aliphatic heterocycles. The molecule has 0 saturated heterocycles. The van der Waals surface area contributed by atoms with Crippen LogP contribution in [0.4, 0.5) is 0 Å². The van der Waals surface area contributed by atoms with Crippen LogP contribution in [-0.4, -0.2) is 13.2 Å². The first-order chi connectivity index (χ1) is 9.65. The minimum absolute atomic E-state index is 0.0612. The van der Waals surface area contributed by atoms with E-state index in [4.69, 9.17) is 20.8 Å². The second-order valence-electron chi connectivity index (χ2n) is 4.61. The molecule has 0 aliphatic carbocycles. The molecule has 1 aromatic heterocycles. The molecule has 0 bridgehead atoms. The van der Waals surface area contributed by atoms with Crippen molar-refractivity contribution in [2.45, 2.75) is 26.8 Å². The average molecular weight is 294 g/mol. The Hall–Kier alpha value is -1.45. The highest BCUT2D eigenvalue weighted by atomic mass is 35.5. The summed E-state index contributed by atoms with van der Waals surface area (Å²) in [4.78, 5) is 0. The molecular formula is C16H20ClNO2. The molecule has 1 heterocycles. The maximum Gasteiger partial charge on any atom is 0.193 e. The summed E-state index contributed by atoms with van der Waals surface area (Å²) < 4.78 is 11.3. The van der Waals surface area contributed by atoms with Gasteiger partial charge in [0.25, 0.3) is 0 Å². The number of rotatable bonds is 6. The largest absolute Gasteiger partial charge is 0.494 e. The minimum atomic E-state index is -0.0612. The summed E-state index contributed by atoms with van der Waals surface area (Å²) in [5.74, 6) is 1.67. The number of aryl methyl sites for hydroxylation is 1. The third-order valence-electron chi connectivity index (χ3n) is 3.06. The van der Waals surface area contributed by atoms with Crippen molar-refractivity contribution < 1.29 is 9.15 Å². The summed E-state index contributed by atoms with van der Waals surface area (Å²) in [5, 5.41) is 3.82. The molecule has 0 fully saturated rings. The Bertz CT molecular complexity index is 565. The lowest BCUT2D eigenvalue weighted by Crippen LogP contribution is -2.22. The predicted octanol–water partition coefficient (Wildman–Crippen LogP) is 4.34. The van der Waals surface area contributed by atoms with Crippen LogP contribution < -0.4 is 10.1 Å². The standard InChI is InChI=1S/C16H20ClNO2/c1-4-18-16(14-8-9-15(17)20-14)12-10-11(3)6-7-13(12)19-5-2/h6-10,16,18H,4-5H2,1-3H3. The number of benzene rings is 1. The molecule has 20 heavy (non-hydrogen) atoms. The van der Waals surface area contributed by atoms with E-state index >= 15 is 0 Å². The van der Waals surface area contributed by atoms with Gasteiger partial charge < -0.3 is 14.5 Å². The molecule has 1 N–H and O–H groups in total. The lowest BCUT2D eigenvalue weighted by Gasteiger charge is -2.20. The summed E-state index contributed by atoms with van der Waals surface area (Å²) in [7, 11) is 0. The van der Waals surface area contributed by atoms with Gasteiger partial charge in [-0.25, -0.2) is 0 Å². The second kappa shape index (κ2) is 6.82. The third kappa shape index (κ3) is 3.35. The van der Waals surface area contributed by atoms with Crippen LogP contribution in [-0.2, 0) is 0 Å². The quantitative estimate of drug-likeness (QED) is 0.860. The van der Waals surface area contributed by atoms with Gasteiger partial charge in [0.05, 0.1) is 12.6 Å². The van der Waals surface area contributed by atoms with Crippen molar-refractivity contribution in [1.29, 1.82) is 0 Å². The molecule has 0 saturated carbocycles. The van der Waals surface area contributed by atoms with Crippen molar-refractivity contribution in [2.75, 3.05) is 13.2 Å². The maximum absolute atomic E-state index is 5.90. The summed E-state index contributed by atoms with van der Waals surface area (Å²) in [5.41, 5.74) is 2.25. The topological polar surface area (TPSA) is 34.4 Å². The van der Waals surface area contributed by atoms with Crippen molar-refractivity contribution in [3.63, 3.8) is 0 Å². The molecule has 0 spiro atoms. The van der Waals surface area contributed by atoms with Gasteiger partial charge in [0, 0.05) is 5.56 Å². The van der Waals surface area contributed by atoms with E-state index in [-0.39, 0.29) is 6.04 Å². The number of furan rings is 1. The highest BCUT2D eigenvalue weighted by Crippen LogP contribution is 2.32. The van der Waals surface area contributed by atoms with E-state index in [1.807, 2.05) is 25.1 Å². The molecule has 3 nitrogen and oxygen atoms in total. The second-order valence-corrected chi connectivity index (χ2v) is 4.98. The fourth-order valence-corrected chi connectivity index (χ4v) is 2.38. The zero-order chi connectivity index (χ0) is 14.5. The Morgan fingerprint density at radius 3 is 2.65 bits per heavy atom. The van der Waals surface area contributed by atoms with Crippen LogP contribution in [0.3, 0.4) is 0 Å². The van der Waals surface area contributed by atoms with E-state index < -0.39 is 0 Å². The van der Waals surface area contributed by atoms with Crippen LogP contribution >= 0.6 is 11.6 Å². The summed E-state index contributed by atoms with van der Waals surface area (Å²) in [6.07, 6.45) is 0. The summed E-state index contributed by atoms with van der Waals surface area (Å²) in [6.45, 7) is 7.57. The smallest absolute Gasteiger partial charge is 0.193 e. The molecule has 1 aromatic carbocycles. The van der Waals surface area contributed by atoms with E-state index in [1.54, 1.807) is 6.07 Å². The molecule has 1 unspecified atom stereocenters.